The average molecular weight is 377 g/mol. The first-order valence-corrected chi connectivity index (χ1v) is 9.95. The molecule has 28 heavy (non-hydrogen) atoms. The fourth-order valence-electron chi connectivity index (χ4n) is 4.09. The van der Waals surface area contributed by atoms with Gasteiger partial charge in [0.15, 0.2) is 0 Å². The van der Waals surface area contributed by atoms with Crippen LogP contribution in [0.2, 0.25) is 0 Å². The SMILES string of the molecule is CC(NC(=O)C(C)(C)CN1CCn2ccnc2C1)c1cccc2ccccc12. The Balaban J connectivity index is 1.44. The van der Waals surface area contributed by atoms with Crippen molar-refractivity contribution in [3.63, 3.8) is 0 Å². The lowest BCUT2D eigenvalue weighted by molar-refractivity contribution is -0.131. The fourth-order valence-corrected chi connectivity index (χ4v) is 4.09. The Labute approximate surface area is 166 Å². The van der Waals surface area contributed by atoms with Crippen LogP contribution >= 0.6 is 0 Å². The van der Waals surface area contributed by atoms with E-state index in [0.717, 1.165) is 31.0 Å². The molecule has 1 aromatic heterocycles. The molecule has 146 valence electrons. The summed E-state index contributed by atoms with van der Waals surface area (Å²) in [6, 6.07) is 14.5. The minimum Gasteiger partial charge on any atom is -0.349 e. The molecule has 0 radical (unpaired) electrons. The Hall–Kier alpha value is -2.66. The summed E-state index contributed by atoms with van der Waals surface area (Å²) in [4.78, 5) is 19.8. The number of carbonyl (C=O) groups is 1. The Bertz CT molecular complexity index is 986. The number of rotatable bonds is 5. The van der Waals surface area contributed by atoms with E-state index in [-0.39, 0.29) is 11.9 Å². The molecule has 0 fully saturated rings. The second kappa shape index (κ2) is 7.40. The summed E-state index contributed by atoms with van der Waals surface area (Å²) < 4.78 is 2.19. The second-order valence-electron chi connectivity index (χ2n) is 8.39. The monoisotopic (exact) mass is 376 g/mol. The van der Waals surface area contributed by atoms with Crippen molar-refractivity contribution in [2.45, 2.75) is 39.9 Å². The summed E-state index contributed by atoms with van der Waals surface area (Å²) in [6.45, 7) is 9.50. The predicted octanol–water partition coefficient (Wildman–Crippen LogP) is 3.76. The van der Waals surface area contributed by atoms with E-state index in [1.807, 2.05) is 38.4 Å². The summed E-state index contributed by atoms with van der Waals surface area (Å²) in [5.74, 6) is 1.16. The lowest BCUT2D eigenvalue weighted by atomic mass is 9.90. The Kier molecular flexibility index (Phi) is 4.94. The molecule has 0 spiro atoms. The van der Waals surface area contributed by atoms with Crippen LogP contribution in [0.25, 0.3) is 10.8 Å². The van der Waals surface area contributed by atoms with Gasteiger partial charge in [0.2, 0.25) is 5.91 Å². The number of aromatic nitrogens is 2. The second-order valence-corrected chi connectivity index (χ2v) is 8.39. The van der Waals surface area contributed by atoms with E-state index in [1.54, 1.807) is 0 Å². The fraction of sp³-hybridized carbons (Fsp3) is 0.391. The van der Waals surface area contributed by atoms with Crippen LogP contribution in [0.3, 0.4) is 0 Å². The number of nitrogens with zero attached hydrogens (tertiary/aromatic N) is 3. The maximum atomic E-state index is 13.1. The van der Waals surface area contributed by atoms with Crippen LogP contribution in [0.5, 0.6) is 0 Å². The number of amides is 1. The first-order valence-electron chi connectivity index (χ1n) is 9.95. The van der Waals surface area contributed by atoms with E-state index < -0.39 is 5.41 Å². The van der Waals surface area contributed by atoms with E-state index in [0.29, 0.717) is 6.54 Å². The normalized spacial score (nSPS) is 16.0. The molecule has 0 bridgehead atoms. The highest BCUT2D eigenvalue weighted by molar-refractivity contribution is 5.87. The molecule has 2 heterocycles. The molecule has 1 amide bonds. The van der Waals surface area contributed by atoms with Gasteiger partial charge in [-0.25, -0.2) is 4.98 Å². The third-order valence-electron chi connectivity index (χ3n) is 5.69. The molecular formula is C23H28N4O. The number of benzene rings is 2. The number of carbonyl (C=O) groups excluding carboxylic acids is 1. The zero-order chi connectivity index (χ0) is 19.7. The number of hydrogen-bond acceptors (Lipinski definition) is 3. The van der Waals surface area contributed by atoms with E-state index in [4.69, 9.17) is 0 Å². The molecule has 0 saturated carbocycles. The first kappa shape index (κ1) is 18.7. The molecule has 5 nitrogen and oxygen atoms in total. The van der Waals surface area contributed by atoms with Gasteiger partial charge >= 0.3 is 0 Å². The molecule has 0 saturated heterocycles. The largest absolute Gasteiger partial charge is 0.349 e. The van der Waals surface area contributed by atoms with Crippen molar-refractivity contribution in [3.8, 4) is 0 Å². The molecule has 1 aliphatic heterocycles. The smallest absolute Gasteiger partial charge is 0.227 e. The average Bonchev–Trinajstić information content (AvgIpc) is 3.15. The molecule has 0 aliphatic carbocycles. The maximum Gasteiger partial charge on any atom is 0.227 e. The van der Waals surface area contributed by atoms with Gasteiger partial charge in [-0.15, -0.1) is 0 Å². The molecule has 5 heteroatoms. The lowest BCUT2D eigenvalue weighted by Gasteiger charge is -2.35. The van der Waals surface area contributed by atoms with Gasteiger partial charge in [-0.3, -0.25) is 9.69 Å². The number of nitrogens with one attached hydrogen (secondary N) is 1. The van der Waals surface area contributed by atoms with Crippen molar-refractivity contribution in [1.82, 2.24) is 19.8 Å². The van der Waals surface area contributed by atoms with Gasteiger partial charge in [0.05, 0.1) is 18.0 Å². The Morgan fingerprint density at radius 1 is 1.18 bits per heavy atom. The van der Waals surface area contributed by atoms with Crippen molar-refractivity contribution in [2.24, 2.45) is 5.41 Å². The van der Waals surface area contributed by atoms with Gasteiger partial charge in [0.1, 0.15) is 5.82 Å². The standard InChI is InChI=1S/C23H28N4O/c1-17(19-10-6-8-18-7-4-5-9-20(18)19)25-22(28)23(2,3)16-26-13-14-27-12-11-24-21(27)15-26/h4-12,17H,13-16H2,1-3H3,(H,25,28). The molecule has 1 atom stereocenters. The number of hydrogen-bond donors (Lipinski definition) is 1. The van der Waals surface area contributed by atoms with Crippen LogP contribution in [-0.4, -0.2) is 33.4 Å². The quantitative estimate of drug-likeness (QED) is 0.738. The number of fused-ring (bicyclic) bond motifs is 2. The van der Waals surface area contributed by atoms with Crippen LogP contribution in [-0.2, 0) is 17.9 Å². The first-order chi connectivity index (χ1) is 13.4. The zero-order valence-corrected chi connectivity index (χ0v) is 16.9. The molecule has 4 rings (SSSR count). The lowest BCUT2D eigenvalue weighted by Crippen LogP contribution is -2.47. The summed E-state index contributed by atoms with van der Waals surface area (Å²) in [7, 11) is 0. The topological polar surface area (TPSA) is 50.2 Å². The summed E-state index contributed by atoms with van der Waals surface area (Å²) >= 11 is 0. The predicted molar refractivity (Wildman–Crippen MR) is 112 cm³/mol. The molecule has 1 aliphatic rings. The summed E-state index contributed by atoms with van der Waals surface area (Å²) in [6.07, 6.45) is 3.87. The van der Waals surface area contributed by atoms with E-state index in [1.165, 1.54) is 10.8 Å². The van der Waals surface area contributed by atoms with E-state index in [2.05, 4.69) is 57.0 Å². The highest BCUT2D eigenvalue weighted by Crippen LogP contribution is 2.26. The molecule has 1 N–H and O–H groups in total. The van der Waals surface area contributed by atoms with Crippen molar-refractivity contribution in [2.75, 3.05) is 13.1 Å². The van der Waals surface area contributed by atoms with Gasteiger partial charge in [-0.05, 0) is 37.1 Å². The third-order valence-corrected chi connectivity index (χ3v) is 5.69. The third kappa shape index (κ3) is 3.67. The van der Waals surface area contributed by atoms with Crippen molar-refractivity contribution in [3.05, 3.63) is 66.2 Å². The van der Waals surface area contributed by atoms with Gasteiger partial charge in [-0.2, -0.15) is 0 Å². The van der Waals surface area contributed by atoms with Crippen LogP contribution in [0.1, 0.15) is 38.2 Å². The minimum absolute atomic E-state index is 0.0434. The van der Waals surface area contributed by atoms with Gasteiger partial charge in [0, 0.05) is 32.0 Å². The van der Waals surface area contributed by atoms with Gasteiger partial charge in [0.25, 0.3) is 0 Å². The Morgan fingerprint density at radius 2 is 1.96 bits per heavy atom. The highest BCUT2D eigenvalue weighted by atomic mass is 16.2. The van der Waals surface area contributed by atoms with E-state index in [9.17, 15) is 4.79 Å². The van der Waals surface area contributed by atoms with Gasteiger partial charge < -0.3 is 9.88 Å². The van der Waals surface area contributed by atoms with Crippen molar-refractivity contribution in [1.29, 1.82) is 0 Å². The van der Waals surface area contributed by atoms with Crippen LogP contribution in [0.15, 0.2) is 54.9 Å². The molecule has 2 aromatic carbocycles. The van der Waals surface area contributed by atoms with Crippen LogP contribution in [0, 0.1) is 5.41 Å². The molecule has 1 unspecified atom stereocenters. The van der Waals surface area contributed by atoms with Gasteiger partial charge in [-0.1, -0.05) is 42.5 Å². The Morgan fingerprint density at radius 3 is 2.82 bits per heavy atom. The van der Waals surface area contributed by atoms with Crippen molar-refractivity contribution >= 4 is 16.7 Å². The minimum atomic E-state index is -0.479. The molecule has 3 aromatic rings. The maximum absolute atomic E-state index is 13.1. The summed E-state index contributed by atoms with van der Waals surface area (Å²) in [5.41, 5.74) is 0.676. The highest BCUT2D eigenvalue weighted by Gasteiger charge is 2.32. The zero-order valence-electron chi connectivity index (χ0n) is 16.9. The van der Waals surface area contributed by atoms with Crippen molar-refractivity contribution < 1.29 is 4.79 Å². The molecular weight excluding hydrogens is 348 g/mol. The van der Waals surface area contributed by atoms with Crippen LogP contribution < -0.4 is 5.32 Å². The number of imidazole rings is 1. The summed E-state index contributed by atoms with van der Waals surface area (Å²) in [5, 5.41) is 5.64. The van der Waals surface area contributed by atoms with E-state index >= 15 is 0 Å². The van der Waals surface area contributed by atoms with Crippen LogP contribution in [0.4, 0.5) is 0 Å².